The molecule has 0 heterocycles. The van der Waals surface area contributed by atoms with E-state index in [1.807, 2.05) is 102 Å². The smallest absolute Gasteiger partial charge is 0.870 e. The Balaban J connectivity index is -0.0000000250. The van der Waals surface area contributed by atoms with Gasteiger partial charge in [0.05, 0.1) is 0 Å². The van der Waals surface area contributed by atoms with E-state index in [2.05, 4.69) is 111 Å². The molecule has 0 radical (unpaired) electrons. The molecular weight excluding hydrogens is 1010 g/mol. The summed E-state index contributed by atoms with van der Waals surface area (Å²) in [6, 6.07) is 0. The summed E-state index contributed by atoms with van der Waals surface area (Å²) < 4.78 is 96.1. The van der Waals surface area contributed by atoms with E-state index in [9.17, 15) is 44.3 Å². The minimum absolute atomic E-state index is 0. The summed E-state index contributed by atoms with van der Waals surface area (Å²) in [5.41, 5.74) is -0.931. The van der Waals surface area contributed by atoms with Gasteiger partial charge in [-0.25, -0.2) is 13.2 Å². The maximum atomic E-state index is 11.3. The Morgan fingerprint density at radius 2 is 0.623 bits per heavy atom. The van der Waals surface area contributed by atoms with Gasteiger partial charge in [0, 0.05) is 6.42 Å². The predicted octanol–water partition coefficient (Wildman–Crippen LogP) is 22.4. The molecule has 0 spiro atoms. The molecule has 0 bridgehead atoms. The molecule has 0 aliphatic carbocycles. The summed E-state index contributed by atoms with van der Waals surface area (Å²) in [6.07, 6.45) is 29.2. The fraction of sp³-hybridized carbons (Fsp3) is 0.714. The number of carbonyl (C=O) groups excluding carboxylic acids is 2. The minimum atomic E-state index is -2.91. The van der Waals surface area contributed by atoms with Gasteiger partial charge in [0.15, 0.2) is 5.83 Å². The first kappa shape index (κ1) is 135. The van der Waals surface area contributed by atoms with Crippen LogP contribution in [0.1, 0.15) is 298 Å². The van der Waals surface area contributed by atoms with Crippen molar-refractivity contribution in [2.24, 2.45) is 0 Å². The van der Waals surface area contributed by atoms with Crippen LogP contribution in [0.5, 0.6) is 0 Å². The number of hydrogen-bond donors (Lipinski definition) is 1. The van der Waals surface area contributed by atoms with Crippen LogP contribution in [0.25, 0.3) is 0 Å². The molecule has 0 rings (SSSR count). The number of carbonyl (C=O) groups is 2. The van der Waals surface area contributed by atoms with Gasteiger partial charge in [0.2, 0.25) is 0 Å². The molecule has 0 saturated carbocycles. The van der Waals surface area contributed by atoms with Crippen LogP contribution < -0.4 is 29.6 Å². The first-order valence-corrected chi connectivity index (χ1v) is 27.1. The van der Waals surface area contributed by atoms with E-state index in [1.165, 1.54) is 90.4 Å². The van der Waals surface area contributed by atoms with E-state index in [4.69, 9.17) is 16.3 Å². The fourth-order valence-electron chi connectivity index (χ4n) is 1.19. The van der Waals surface area contributed by atoms with Gasteiger partial charge < -0.3 is 20.2 Å². The minimum Gasteiger partial charge on any atom is -0.870 e. The van der Waals surface area contributed by atoms with Crippen molar-refractivity contribution >= 4 is 12.6 Å². The Morgan fingerprint density at radius 1 is 0.455 bits per heavy atom. The Labute approximate surface area is 499 Å². The van der Waals surface area contributed by atoms with Gasteiger partial charge in [-0.2, -0.15) is 26.3 Å². The van der Waals surface area contributed by atoms with Gasteiger partial charge >= 0.3 is 47.8 Å². The molecule has 14 heteroatoms. The van der Waals surface area contributed by atoms with Crippen molar-refractivity contribution in [3.05, 3.63) is 60.0 Å². The van der Waals surface area contributed by atoms with E-state index in [0.29, 0.717) is 13.3 Å². The zero-order valence-electron chi connectivity index (χ0n) is 56.1. The molecule has 0 aromatic carbocycles. The number of hydrogen-bond acceptors (Lipinski definition) is 4. The molecular formula is C63H128F9NaO4. The van der Waals surface area contributed by atoms with Crippen molar-refractivity contribution in [3.8, 4) is 36.5 Å². The molecule has 77 heavy (non-hydrogen) atoms. The molecule has 0 atom stereocenters. The van der Waals surface area contributed by atoms with E-state index in [-0.39, 0.29) is 35.0 Å². The Hall–Kier alpha value is -2.99. The number of terminal acetylenes is 2. The average Bonchev–Trinajstić information content (AvgIpc) is 3.41. The van der Waals surface area contributed by atoms with Gasteiger partial charge in [-0.05, 0) is 89.0 Å². The topological polar surface area (TPSA) is 84.4 Å². The summed E-state index contributed by atoms with van der Waals surface area (Å²) in [6.45, 7) is 56.4. The number of rotatable bonds is 10. The standard InChI is InChI=1S/C6H14.C6H12.C5H8O.C5H12.C4H6F2.2C4H10.C4H8.C4H6.C3H3F3.C3H6O.C3H4.C2F4.C2H4O.4C2H6.Na.H2O/c2*1-3-5-6-4-2;1-4-5(2,3)6;1-3-5-4-2;1-3(5)4(2)6;4*1-3-4-2;1-2(4)3(5)6;1-2-3-4;1-3-2;3-1(4)2(5)6;1-2-3;4*1-2;;/h3-6H2,1-2H3;5-6H,3-4H2,1-2H3;1,6H,2-3H3;3-5H2,1-2H3;1-2H3;2*3-4H2,1-2H3;3-4H,1-2H3;1-2H3;1H3;3H,2H2,1H3;1H,2H3;;2H,1H3;4*1-2H3;;1H2/q;;;;;;;;;;;;;;;;;;+1;/p-1/b;6-5-;;;4-3+;;;4-3+;;;;;;;;;;;;. The van der Waals surface area contributed by atoms with Crippen molar-refractivity contribution in [1.82, 2.24) is 0 Å². The SMILES string of the molecule is C#CC.C#CC(C)(C)O.C/C(F)=C(/C)F.C/C=C/C.CC.CC.CC.CC.CC#CC.CC(F)=C(F)F.CC/C=C\CC.CC=O.CCC=O.CCCC.CCCC.CCCCC.CCCCCC.FC(F)=C(F)F.[Na+].[OH-]. The largest absolute Gasteiger partial charge is 1.00 e. The summed E-state index contributed by atoms with van der Waals surface area (Å²) >= 11 is 0. The third kappa shape index (κ3) is 589. The Kier molecular flexibility index (Phi) is 328. The second-order valence-corrected chi connectivity index (χ2v) is 12.7. The summed E-state index contributed by atoms with van der Waals surface area (Å²) in [5.74, 6) is 6.88. The van der Waals surface area contributed by atoms with E-state index in [0.717, 1.165) is 26.4 Å². The van der Waals surface area contributed by atoms with Gasteiger partial charge in [-0.3, -0.25) is 0 Å². The molecule has 2 N–H and O–H groups in total. The molecule has 468 valence electrons. The molecule has 4 nitrogen and oxygen atoms in total. The van der Waals surface area contributed by atoms with Gasteiger partial charge in [0.25, 0.3) is 0 Å². The second kappa shape index (κ2) is 187. The average molecular weight is 1140 g/mol. The van der Waals surface area contributed by atoms with E-state index < -0.39 is 41.3 Å². The fourth-order valence-corrected chi connectivity index (χ4v) is 1.19. The molecule has 0 aromatic rings. The maximum absolute atomic E-state index is 11.3. The third-order valence-electron chi connectivity index (χ3n) is 5.28. The van der Waals surface area contributed by atoms with Crippen LogP contribution in [0.3, 0.4) is 0 Å². The molecule has 0 aliphatic heterocycles. The van der Waals surface area contributed by atoms with E-state index in [1.54, 1.807) is 20.8 Å². The van der Waals surface area contributed by atoms with Gasteiger partial charge in [-0.1, -0.05) is 232 Å². The number of aldehydes is 2. The van der Waals surface area contributed by atoms with Crippen molar-refractivity contribution in [3.63, 3.8) is 0 Å². The monoisotopic (exact) mass is 1140 g/mol. The summed E-state index contributed by atoms with van der Waals surface area (Å²) in [7, 11) is 0. The van der Waals surface area contributed by atoms with Crippen molar-refractivity contribution in [2.75, 3.05) is 0 Å². The summed E-state index contributed by atoms with van der Waals surface area (Å²) in [5, 5.41) is 8.59. The molecule has 0 saturated heterocycles. The van der Waals surface area contributed by atoms with Crippen LogP contribution in [0, 0.1) is 36.5 Å². The van der Waals surface area contributed by atoms with Crippen LogP contribution in [0.4, 0.5) is 39.5 Å². The van der Waals surface area contributed by atoms with Crippen molar-refractivity contribution in [2.45, 2.75) is 303 Å². The number of unbranched alkanes of at least 4 members (excludes halogenated alkanes) is 7. The van der Waals surface area contributed by atoms with Crippen LogP contribution in [-0.2, 0) is 9.59 Å². The van der Waals surface area contributed by atoms with Crippen LogP contribution in [0.2, 0.25) is 0 Å². The third-order valence-corrected chi connectivity index (χ3v) is 5.28. The number of halogens is 9. The van der Waals surface area contributed by atoms with Crippen molar-refractivity contribution in [1.29, 1.82) is 0 Å². The Morgan fingerprint density at radius 3 is 0.649 bits per heavy atom. The van der Waals surface area contributed by atoms with Gasteiger partial charge in [-0.15, -0.1) is 30.6 Å². The second-order valence-electron chi connectivity index (χ2n) is 12.7. The zero-order chi connectivity index (χ0) is 64.9. The predicted molar refractivity (Wildman–Crippen MR) is 329 cm³/mol. The Bertz CT molecular complexity index is 1020. The molecule has 0 amide bonds. The van der Waals surface area contributed by atoms with E-state index >= 15 is 0 Å². The first-order chi connectivity index (χ1) is 35.1. The molecule has 0 aromatic heterocycles. The molecule has 0 unspecified atom stereocenters. The summed E-state index contributed by atoms with van der Waals surface area (Å²) in [4.78, 5) is 18.0. The maximum Gasteiger partial charge on any atom is 1.00 e. The van der Waals surface area contributed by atoms with Crippen LogP contribution in [-0.4, -0.2) is 28.8 Å². The zero-order valence-corrected chi connectivity index (χ0v) is 58.1. The van der Waals surface area contributed by atoms with Crippen molar-refractivity contribution < 1.29 is 89.2 Å². The van der Waals surface area contributed by atoms with Crippen LogP contribution in [0.15, 0.2) is 60.0 Å². The first-order valence-electron chi connectivity index (χ1n) is 27.1. The van der Waals surface area contributed by atoms with Gasteiger partial charge in [0.1, 0.15) is 29.8 Å². The quantitative estimate of drug-likeness (QED) is 0.0590. The molecule has 0 aliphatic rings. The van der Waals surface area contributed by atoms with Crippen LogP contribution >= 0.6 is 0 Å². The number of allylic oxidation sites excluding steroid dienone is 7. The number of aliphatic hydroxyl groups is 1. The molecule has 0 fully saturated rings. The normalized spacial score (nSPS) is 7.56.